The standard InChI is InChI=1S/C32H35FN4O10S2.K/c33-22-12-21-24(13-26(22)49-20-4-2-1-3-5-20)35-14-17(6-7-18(38)10-19(39)11-28(41)42)30(21)48-16-25(31(45)36-15-29(43)44)37-27(40)9-8-23(34)32(46)47;/h1-7,12-14,18-19,23,25,38-39H,8-11,15-16,34H2,(H,36,45)(H,37,40)(H,41,42)(H,43,44)(H,46,47);/q;+1/b7-6+;/t18-,19-,23+,25+;/m1./s1. The largest absolute Gasteiger partial charge is 1.00 e. The summed E-state index contributed by atoms with van der Waals surface area (Å²) < 4.78 is 15.5. The zero-order chi connectivity index (χ0) is 36.1. The molecule has 3 aromatic rings. The number of carboxylic acid groups (broad SMARTS) is 3. The predicted octanol–water partition coefficient (Wildman–Crippen LogP) is -0.901. The zero-order valence-corrected chi connectivity index (χ0v) is 31.6. The number of aromatic nitrogens is 1. The molecule has 0 aliphatic heterocycles. The first-order chi connectivity index (χ1) is 23.2. The Balaban J connectivity index is 0.00000867. The molecule has 0 bridgehead atoms. The van der Waals surface area contributed by atoms with Gasteiger partial charge in [-0.2, -0.15) is 0 Å². The maximum atomic E-state index is 15.5. The summed E-state index contributed by atoms with van der Waals surface area (Å²) in [5.74, 6) is -6.25. The molecule has 0 radical (unpaired) electrons. The van der Waals surface area contributed by atoms with E-state index in [4.69, 9.17) is 21.1 Å². The first-order valence-electron chi connectivity index (χ1n) is 14.7. The summed E-state index contributed by atoms with van der Waals surface area (Å²) in [6, 6.07) is 9.23. The Morgan fingerprint density at radius 2 is 1.72 bits per heavy atom. The van der Waals surface area contributed by atoms with Crippen molar-refractivity contribution in [1.82, 2.24) is 15.6 Å². The van der Waals surface area contributed by atoms with Crippen molar-refractivity contribution in [2.75, 3.05) is 12.3 Å². The number of carbonyl (C=O) groups excluding carboxylic acids is 2. The fraction of sp³-hybridized carbons (Fsp3) is 0.312. The van der Waals surface area contributed by atoms with E-state index in [2.05, 4.69) is 15.6 Å². The third-order valence-corrected chi connectivity index (χ3v) is 9.04. The molecule has 14 nitrogen and oxygen atoms in total. The van der Waals surface area contributed by atoms with Gasteiger partial charge >= 0.3 is 69.3 Å². The minimum Gasteiger partial charge on any atom is -0.481 e. The average molecular weight is 758 g/mol. The Morgan fingerprint density at radius 1 is 1.02 bits per heavy atom. The quantitative estimate of drug-likeness (QED) is 0.0546. The number of hydrogen-bond donors (Lipinski definition) is 8. The summed E-state index contributed by atoms with van der Waals surface area (Å²) in [7, 11) is 0. The number of aliphatic hydroxyl groups is 2. The summed E-state index contributed by atoms with van der Waals surface area (Å²) >= 11 is 2.18. The average Bonchev–Trinajstić information content (AvgIpc) is 3.04. The fourth-order valence-electron chi connectivity index (χ4n) is 4.33. The van der Waals surface area contributed by atoms with Crippen molar-refractivity contribution in [3.63, 3.8) is 0 Å². The molecule has 0 fully saturated rings. The maximum Gasteiger partial charge on any atom is 1.00 e. The third kappa shape index (κ3) is 14.4. The van der Waals surface area contributed by atoms with Crippen LogP contribution in [-0.4, -0.2) is 96.8 Å². The van der Waals surface area contributed by atoms with Gasteiger partial charge in [-0.1, -0.05) is 42.1 Å². The first kappa shape index (κ1) is 43.3. The second kappa shape index (κ2) is 21.5. The second-order valence-corrected chi connectivity index (χ2v) is 12.8. The Bertz CT molecular complexity index is 1700. The van der Waals surface area contributed by atoms with Crippen molar-refractivity contribution < 1.29 is 105 Å². The van der Waals surface area contributed by atoms with E-state index in [1.54, 1.807) is 6.07 Å². The molecule has 2 aromatic carbocycles. The molecule has 1 aromatic heterocycles. The predicted molar refractivity (Wildman–Crippen MR) is 178 cm³/mol. The van der Waals surface area contributed by atoms with Gasteiger partial charge in [-0.25, -0.2) is 4.39 Å². The summed E-state index contributed by atoms with van der Waals surface area (Å²) in [6.45, 7) is -0.745. The first-order valence-corrected chi connectivity index (χ1v) is 16.5. The Labute approximate surface area is 336 Å². The smallest absolute Gasteiger partial charge is 0.481 e. The number of fused-ring (bicyclic) bond motifs is 1. The number of carboxylic acids is 3. The molecule has 4 atom stereocenters. The molecule has 0 unspecified atom stereocenters. The summed E-state index contributed by atoms with van der Waals surface area (Å²) in [5, 5.41) is 52.2. The van der Waals surface area contributed by atoms with Crippen molar-refractivity contribution in [1.29, 1.82) is 0 Å². The molecule has 0 saturated carbocycles. The topological polar surface area (TPSA) is 249 Å². The van der Waals surface area contributed by atoms with Crippen LogP contribution in [0, 0.1) is 5.82 Å². The Hall–Kier alpha value is -2.91. The molecular weight excluding hydrogens is 723 g/mol. The number of halogens is 1. The van der Waals surface area contributed by atoms with Gasteiger partial charge in [0.25, 0.3) is 0 Å². The molecular formula is C32H35FKN4O10S2+. The van der Waals surface area contributed by atoms with Crippen LogP contribution < -0.4 is 67.8 Å². The number of nitrogens with two attached hydrogens (primary N) is 1. The van der Waals surface area contributed by atoms with Crippen molar-refractivity contribution in [3.05, 3.63) is 66.1 Å². The summed E-state index contributed by atoms with van der Waals surface area (Å²) in [5.41, 5.74) is 6.19. The van der Waals surface area contributed by atoms with E-state index in [0.29, 0.717) is 21.4 Å². The van der Waals surface area contributed by atoms with Crippen LogP contribution >= 0.6 is 23.5 Å². The minimum absolute atomic E-state index is 0. The number of aliphatic hydroxyl groups excluding tert-OH is 2. The molecule has 3 rings (SSSR count). The van der Waals surface area contributed by atoms with E-state index in [-0.39, 0.29) is 81.3 Å². The number of benzene rings is 2. The number of carbonyl (C=O) groups is 5. The van der Waals surface area contributed by atoms with Gasteiger partial charge < -0.3 is 41.9 Å². The number of aliphatic carboxylic acids is 3. The fourth-order valence-corrected chi connectivity index (χ4v) is 6.38. The van der Waals surface area contributed by atoms with Crippen LogP contribution in [0.5, 0.6) is 0 Å². The molecule has 262 valence electrons. The van der Waals surface area contributed by atoms with Gasteiger partial charge in [0.15, 0.2) is 0 Å². The van der Waals surface area contributed by atoms with Gasteiger partial charge in [-0.3, -0.25) is 29.0 Å². The van der Waals surface area contributed by atoms with Crippen LogP contribution in [0.1, 0.15) is 31.2 Å². The molecule has 0 spiro atoms. The number of nitrogens with one attached hydrogen (secondary N) is 2. The van der Waals surface area contributed by atoms with E-state index in [0.717, 1.165) is 16.7 Å². The van der Waals surface area contributed by atoms with Crippen molar-refractivity contribution >= 4 is 70.2 Å². The zero-order valence-electron chi connectivity index (χ0n) is 26.8. The van der Waals surface area contributed by atoms with Crippen LogP contribution in [0.15, 0.2) is 69.4 Å². The van der Waals surface area contributed by atoms with Crippen LogP contribution in [-0.2, 0) is 24.0 Å². The molecule has 50 heavy (non-hydrogen) atoms. The van der Waals surface area contributed by atoms with E-state index >= 15 is 4.39 Å². The number of amides is 2. The number of thioether (sulfide) groups is 1. The van der Waals surface area contributed by atoms with Gasteiger partial charge in [-0.15, -0.1) is 11.8 Å². The van der Waals surface area contributed by atoms with E-state index in [1.807, 2.05) is 30.3 Å². The van der Waals surface area contributed by atoms with Crippen LogP contribution in [0.3, 0.4) is 0 Å². The molecule has 0 aliphatic carbocycles. The van der Waals surface area contributed by atoms with Crippen LogP contribution in [0.25, 0.3) is 17.0 Å². The van der Waals surface area contributed by atoms with Gasteiger partial charge in [-0.05, 0) is 30.7 Å². The molecule has 0 saturated heterocycles. The minimum atomic E-state index is -1.34. The van der Waals surface area contributed by atoms with Crippen molar-refractivity contribution in [2.24, 2.45) is 5.73 Å². The monoisotopic (exact) mass is 757 g/mol. The molecule has 9 N–H and O–H groups in total. The van der Waals surface area contributed by atoms with Crippen molar-refractivity contribution in [2.45, 2.75) is 64.7 Å². The second-order valence-electron chi connectivity index (χ2n) is 10.7. The number of hydrogen-bond acceptors (Lipinski definition) is 11. The summed E-state index contributed by atoms with van der Waals surface area (Å²) in [4.78, 5) is 64.5. The molecule has 0 aliphatic rings. The van der Waals surface area contributed by atoms with E-state index in [1.165, 1.54) is 36.2 Å². The van der Waals surface area contributed by atoms with E-state index < -0.39 is 72.8 Å². The number of nitrogens with zero attached hydrogens (tertiary/aromatic N) is 1. The normalized spacial score (nSPS) is 13.5. The Kier molecular flexibility index (Phi) is 18.6. The SMILES string of the molecule is N[C@@H](CCC(=O)N[C@@H](CSc1c(/C=C/[C@@H](O)C[C@@H](O)CC(=O)O)cnc2cc(Sc3ccccc3)c(F)cc12)C(=O)NCC(=O)O)C(=O)O.[K+]. The van der Waals surface area contributed by atoms with E-state index in [9.17, 15) is 34.2 Å². The maximum absolute atomic E-state index is 15.5. The third-order valence-electron chi connectivity index (χ3n) is 6.75. The Morgan fingerprint density at radius 3 is 2.36 bits per heavy atom. The van der Waals surface area contributed by atoms with Gasteiger partial charge in [0.05, 0.1) is 29.0 Å². The molecule has 18 heteroatoms. The molecule has 2 amide bonds. The molecule has 1 heterocycles. The van der Waals surface area contributed by atoms with Gasteiger partial charge in [0, 0.05) is 45.5 Å². The number of pyridine rings is 1. The van der Waals surface area contributed by atoms with Crippen molar-refractivity contribution in [3.8, 4) is 0 Å². The van der Waals surface area contributed by atoms with Crippen LogP contribution in [0.2, 0.25) is 0 Å². The van der Waals surface area contributed by atoms with Gasteiger partial charge in [0.1, 0.15) is 24.4 Å². The van der Waals surface area contributed by atoms with Gasteiger partial charge in [0.2, 0.25) is 11.8 Å². The summed E-state index contributed by atoms with van der Waals surface area (Å²) in [6.07, 6.45) is 0.127. The van der Waals surface area contributed by atoms with Crippen LogP contribution in [0.4, 0.5) is 4.39 Å². The number of rotatable bonds is 19.